The molecular weight excluding hydrogens is 318 g/mol. The molecule has 0 aliphatic carbocycles. The molecule has 0 unspecified atom stereocenters. The number of urea groups is 1. The molecular formula is C18H25N5O2. The highest BCUT2D eigenvalue weighted by molar-refractivity contribution is 5.89. The Morgan fingerprint density at radius 2 is 1.60 bits per heavy atom. The van der Waals surface area contributed by atoms with Crippen molar-refractivity contribution < 1.29 is 9.53 Å². The maximum Gasteiger partial charge on any atom is 0.321 e. The number of amides is 2. The number of nitrogens with one attached hydrogen (secondary N) is 1. The maximum absolute atomic E-state index is 12.3. The van der Waals surface area contributed by atoms with Gasteiger partial charge in [-0.05, 0) is 24.3 Å². The molecule has 1 aromatic rings. The van der Waals surface area contributed by atoms with E-state index < -0.39 is 0 Å². The summed E-state index contributed by atoms with van der Waals surface area (Å²) in [6, 6.07) is 8.93. The van der Waals surface area contributed by atoms with Gasteiger partial charge in [-0.15, -0.1) is 0 Å². The lowest BCUT2D eigenvalue weighted by Crippen LogP contribution is -2.51. The molecule has 3 rings (SSSR count). The zero-order chi connectivity index (χ0) is 17.5. The van der Waals surface area contributed by atoms with E-state index >= 15 is 0 Å². The molecule has 0 bridgehead atoms. The Labute approximate surface area is 148 Å². The molecule has 2 amide bonds. The van der Waals surface area contributed by atoms with Crippen molar-refractivity contribution >= 4 is 11.7 Å². The van der Waals surface area contributed by atoms with Gasteiger partial charge in [0.2, 0.25) is 0 Å². The molecule has 0 aromatic heterocycles. The smallest absolute Gasteiger partial charge is 0.321 e. The first-order chi connectivity index (χ1) is 12.2. The lowest BCUT2D eigenvalue weighted by molar-refractivity contribution is 0.0311. The summed E-state index contributed by atoms with van der Waals surface area (Å²) >= 11 is 0. The number of piperazine rings is 1. The number of hydrogen-bond donors (Lipinski definition) is 1. The Kier molecular flexibility index (Phi) is 6.23. The molecule has 0 spiro atoms. The van der Waals surface area contributed by atoms with E-state index in [1.54, 1.807) is 24.3 Å². The van der Waals surface area contributed by atoms with E-state index in [9.17, 15) is 4.79 Å². The van der Waals surface area contributed by atoms with Gasteiger partial charge in [-0.25, -0.2) is 4.79 Å². The standard InChI is InChI=1S/C18H25N5O2/c19-15-16-1-3-17(4-2-16)20-18(24)23-9-7-21(8-10-23)5-6-22-11-13-25-14-12-22/h1-4H,5-14H2,(H,20,24). The fourth-order valence-electron chi connectivity index (χ4n) is 3.11. The quantitative estimate of drug-likeness (QED) is 0.884. The van der Waals surface area contributed by atoms with Crippen LogP contribution in [0.25, 0.3) is 0 Å². The fraction of sp³-hybridized carbons (Fsp3) is 0.556. The summed E-state index contributed by atoms with van der Waals surface area (Å²) in [5, 5.41) is 11.7. The Morgan fingerprint density at radius 3 is 2.20 bits per heavy atom. The third kappa shape index (κ3) is 5.16. The number of morpholine rings is 1. The van der Waals surface area contributed by atoms with Crippen LogP contribution >= 0.6 is 0 Å². The van der Waals surface area contributed by atoms with Gasteiger partial charge in [0.15, 0.2) is 0 Å². The van der Waals surface area contributed by atoms with E-state index in [-0.39, 0.29) is 6.03 Å². The second-order valence-corrected chi connectivity index (χ2v) is 6.40. The zero-order valence-corrected chi connectivity index (χ0v) is 14.5. The molecule has 1 aromatic carbocycles. The molecule has 25 heavy (non-hydrogen) atoms. The summed E-state index contributed by atoms with van der Waals surface area (Å²) in [6.45, 7) is 9.13. The van der Waals surface area contributed by atoms with Crippen molar-refractivity contribution in [2.75, 3.05) is 70.9 Å². The third-order valence-corrected chi connectivity index (χ3v) is 4.76. The number of ether oxygens (including phenoxy) is 1. The monoisotopic (exact) mass is 343 g/mol. The van der Waals surface area contributed by atoms with Crippen LogP contribution in [0.4, 0.5) is 10.5 Å². The second-order valence-electron chi connectivity index (χ2n) is 6.40. The summed E-state index contributed by atoms with van der Waals surface area (Å²) in [7, 11) is 0. The molecule has 0 saturated carbocycles. The van der Waals surface area contributed by atoms with Crippen LogP contribution < -0.4 is 5.32 Å². The highest BCUT2D eigenvalue weighted by Gasteiger charge is 2.21. The van der Waals surface area contributed by atoms with E-state index in [1.807, 2.05) is 4.90 Å². The van der Waals surface area contributed by atoms with Crippen molar-refractivity contribution in [1.29, 1.82) is 5.26 Å². The van der Waals surface area contributed by atoms with Gasteiger partial charge >= 0.3 is 6.03 Å². The Balaban J connectivity index is 1.38. The van der Waals surface area contributed by atoms with Crippen molar-refractivity contribution in [3.05, 3.63) is 29.8 Å². The first-order valence-electron chi connectivity index (χ1n) is 8.83. The molecule has 7 heteroatoms. The summed E-state index contributed by atoms with van der Waals surface area (Å²) in [4.78, 5) is 19.0. The van der Waals surface area contributed by atoms with E-state index in [1.165, 1.54) is 0 Å². The summed E-state index contributed by atoms with van der Waals surface area (Å²) in [5.41, 5.74) is 1.31. The van der Waals surface area contributed by atoms with Gasteiger partial charge in [0.1, 0.15) is 0 Å². The number of rotatable bonds is 4. The van der Waals surface area contributed by atoms with Crippen molar-refractivity contribution in [3.63, 3.8) is 0 Å². The van der Waals surface area contributed by atoms with Gasteiger partial charge in [-0.3, -0.25) is 9.80 Å². The predicted molar refractivity (Wildman–Crippen MR) is 95.4 cm³/mol. The topological polar surface area (TPSA) is 71.8 Å². The minimum absolute atomic E-state index is 0.0717. The number of anilines is 1. The Morgan fingerprint density at radius 1 is 1.00 bits per heavy atom. The molecule has 2 aliphatic heterocycles. The molecule has 0 radical (unpaired) electrons. The largest absolute Gasteiger partial charge is 0.379 e. The first-order valence-corrected chi connectivity index (χ1v) is 8.83. The third-order valence-electron chi connectivity index (χ3n) is 4.76. The van der Waals surface area contributed by atoms with Crippen molar-refractivity contribution in [3.8, 4) is 6.07 Å². The van der Waals surface area contributed by atoms with Gasteiger partial charge in [0.25, 0.3) is 0 Å². The van der Waals surface area contributed by atoms with Gasteiger partial charge < -0.3 is 15.0 Å². The molecule has 1 N–H and O–H groups in total. The highest BCUT2D eigenvalue weighted by Crippen LogP contribution is 2.11. The summed E-state index contributed by atoms with van der Waals surface area (Å²) in [6.07, 6.45) is 0. The molecule has 7 nitrogen and oxygen atoms in total. The van der Waals surface area contributed by atoms with E-state index in [0.717, 1.165) is 71.3 Å². The van der Waals surface area contributed by atoms with Crippen molar-refractivity contribution in [2.24, 2.45) is 0 Å². The molecule has 134 valence electrons. The maximum atomic E-state index is 12.3. The Bertz CT molecular complexity index is 599. The van der Waals surface area contributed by atoms with Gasteiger partial charge in [-0.2, -0.15) is 5.26 Å². The molecule has 2 heterocycles. The first kappa shape index (κ1) is 17.7. The van der Waals surface area contributed by atoms with Crippen LogP contribution in [0.1, 0.15) is 5.56 Å². The van der Waals surface area contributed by atoms with E-state index in [0.29, 0.717) is 5.56 Å². The number of nitrogens with zero attached hydrogens (tertiary/aromatic N) is 4. The van der Waals surface area contributed by atoms with Crippen LogP contribution in [0, 0.1) is 11.3 Å². The predicted octanol–water partition coefficient (Wildman–Crippen LogP) is 1.04. The average Bonchev–Trinajstić information content (AvgIpc) is 2.68. The number of carbonyl (C=O) groups excluding carboxylic acids is 1. The summed E-state index contributed by atoms with van der Waals surface area (Å²) in [5.74, 6) is 0. The molecule has 0 atom stereocenters. The van der Waals surface area contributed by atoms with E-state index in [2.05, 4.69) is 21.2 Å². The SMILES string of the molecule is N#Cc1ccc(NC(=O)N2CCN(CCN3CCOCC3)CC2)cc1. The fourth-order valence-corrected chi connectivity index (χ4v) is 3.11. The summed E-state index contributed by atoms with van der Waals surface area (Å²) < 4.78 is 5.37. The van der Waals surface area contributed by atoms with Gasteiger partial charge in [0, 0.05) is 58.0 Å². The average molecular weight is 343 g/mol. The van der Waals surface area contributed by atoms with Crippen LogP contribution in [0.5, 0.6) is 0 Å². The van der Waals surface area contributed by atoms with Crippen LogP contribution in [-0.4, -0.2) is 86.3 Å². The number of hydrogen-bond acceptors (Lipinski definition) is 5. The van der Waals surface area contributed by atoms with Crippen LogP contribution in [-0.2, 0) is 4.74 Å². The molecule has 2 aliphatic rings. The minimum Gasteiger partial charge on any atom is -0.379 e. The van der Waals surface area contributed by atoms with Crippen LogP contribution in [0.3, 0.4) is 0 Å². The van der Waals surface area contributed by atoms with Gasteiger partial charge in [0.05, 0.1) is 24.8 Å². The number of nitriles is 1. The van der Waals surface area contributed by atoms with Crippen molar-refractivity contribution in [1.82, 2.24) is 14.7 Å². The second kappa shape index (κ2) is 8.81. The lowest BCUT2D eigenvalue weighted by atomic mass is 10.2. The highest BCUT2D eigenvalue weighted by atomic mass is 16.5. The van der Waals surface area contributed by atoms with E-state index in [4.69, 9.17) is 10.00 Å². The Hall–Kier alpha value is -2.14. The minimum atomic E-state index is -0.0717. The lowest BCUT2D eigenvalue weighted by Gasteiger charge is -2.36. The van der Waals surface area contributed by atoms with Crippen LogP contribution in [0.15, 0.2) is 24.3 Å². The van der Waals surface area contributed by atoms with Gasteiger partial charge in [-0.1, -0.05) is 0 Å². The zero-order valence-electron chi connectivity index (χ0n) is 14.5. The molecule has 2 saturated heterocycles. The van der Waals surface area contributed by atoms with Crippen LogP contribution in [0.2, 0.25) is 0 Å². The normalized spacial score (nSPS) is 19.4. The van der Waals surface area contributed by atoms with Crippen molar-refractivity contribution in [2.45, 2.75) is 0 Å². The number of benzene rings is 1. The molecule has 2 fully saturated rings. The number of carbonyl (C=O) groups is 1.